The van der Waals surface area contributed by atoms with Gasteiger partial charge in [-0.3, -0.25) is 4.79 Å². The van der Waals surface area contributed by atoms with Gasteiger partial charge in [-0.15, -0.1) is 0 Å². The highest BCUT2D eigenvalue weighted by molar-refractivity contribution is 5.89. The summed E-state index contributed by atoms with van der Waals surface area (Å²) in [5, 5.41) is 13.4. The number of nitrogens with one attached hydrogen (secondary N) is 2. The zero-order chi connectivity index (χ0) is 15.5. The average molecular weight is 295 g/mol. The molecule has 0 saturated heterocycles. The van der Waals surface area contributed by atoms with Crippen LogP contribution >= 0.6 is 0 Å². The molecule has 0 bridgehead atoms. The Balaban J connectivity index is 2.07. The molecule has 0 saturated carbocycles. The van der Waals surface area contributed by atoms with Crippen LogP contribution in [0.1, 0.15) is 12.5 Å². The first-order valence-electron chi connectivity index (χ1n) is 7.14. The Bertz CT molecular complexity index is 809. The van der Waals surface area contributed by atoms with Crippen molar-refractivity contribution in [3.63, 3.8) is 0 Å². The molecule has 0 atom stereocenters. The van der Waals surface area contributed by atoms with Crippen LogP contribution in [0.3, 0.4) is 0 Å². The Labute approximate surface area is 128 Å². The van der Waals surface area contributed by atoms with E-state index in [1.54, 1.807) is 6.07 Å². The van der Waals surface area contributed by atoms with Crippen molar-refractivity contribution in [1.29, 1.82) is 0 Å². The molecule has 3 rings (SSSR count). The summed E-state index contributed by atoms with van der Waals surface area (Å²) in [5.74, 6) is 0.0777. The third-order valence-electron chi connectivity index (χ3n) is 3.55. The van der Waals surface area contributed by atoms with Gasteiger partial charge in [0, 0.05) is 18.9 Å². The van der Waals surface area contributed by atoms with Crippen molar-refractivity contribution in [2.75, 3.05) is 6.54 Å². The number of hydrogen-bond donors (Lipinski definition) is 3. The lowest BCUT2D eigenvalue weighted by molar-refractivity contribution is -0.118. The number of fused-ring (bicyclic) bond motifs is 1. The van der Waals surface area contributed by atoms with E-state index in [1.165, 1.54) is 13.1 Å². The second kappa shape index (κ2) is 5.89. The molecule has 0 aliphatic carbocycles. The van der Waals surface area contributed by atoms with Gasteiger partial charge < -0.3 is 15.4 Å². The topological polar surface area (TPSA) is 78.0 Å². The molecule has 112 valence electrons. The summed E-state index contributed by atoms with van der Waals surface area (Å²) in [5.41, 5.74) is 3.80. The zero-order valence-electron chi connectivity index (χ0n) is 12.3. The number of nitrogens with zero attached hydrogens (tertiary/aromatic N) is 1. The van der Waals surface area contributed by atoms with Crippen LogP contribution < -0.4 is 5.32 Å². The number of rotatable bonds is 4. The monoisotopic (exact) mass is 295 g/mol. The molecule has 1 aromatic carbocycles. The predicted octanol–water partition coefficient (Wildman–Crippen LogP) is 2.61. The zero-order valence-corrected chi connectivity index (χ0v) is 12.3. The fourth-order valence-electron chi connectivity index (χ4n) is 2.59. The standard InChI is InChI=1S/C17H17N3O2/c1-11(21)18-8-7-14-15-9-13(22)10-19-17(15)20-16(14)12-5-3-2-4-6-12/h2-6,9-10,22H,7-8H2,1H3,(H,18,21)(H,19,20). The number of hydrogen-bond acceptors (Lipinski definition) is 3. The van der Waals surface area contributed by atoms with Gasteiger partial charge >= 0.3 is 0 Å². The summed E-state index contributed by atoms with van der Waals surface area (Å²) < 4.78 is 0. The van der Waals surface area contributed by atoms with E-state index >= 15 is 0 Å². The van der Waals surface area contributed by atoms with Gasteiger partial charge in [0.05, 0.1) is 11.9 Å². The fraction of sp³-hybridized carbons (Fsp3) is 0.176. The molecule has 1 amide bonds. The van der Waals surface area contributed by atoms with Crippen LogP contribution in [0.15, 0.2) is 42.6 Å². The molecular formula is C17H17N3O2. The summed E-state index contributed by atoms with van der Waals surface area (Å²) in [4.78, 5) is 18.6. The van der Waals surface area contributed by atoms with Crippen LogP contribution in [0.2, 0.25) is 0 Å². The Hall–Kier alpha value is -2.82. The van der Waals surface area contributed by atoms with Gasteiger partial charge in [0.25, 0.3) is 0 Å². The van der Waals surface area contributed by atoms with Gasteiger partial charge in [0.1, 0.15) is 11.4 Å². The number of amides is 1. The SMILES string of the molecule is CC(=O)NCCc1c(-c2ccccc2)[nH]c2ncc(O)cc12. The minimum Gasteiger partial charge on any atom is -0.506 e. The van der Waals surface area contributed by atoms with Gasteiger partial charge in [-0.1, -0.05) is 30.3 Å². The first-order chi connectivity index (χ1) is 10.6. The third-order valence-corrected chi connectivity index (χ3v) is 3.55. The van der Waals surface area contributed by atoms with E-state index in [2.05, 4.69) is 15.3 Å². The molecular weight excluding hydrogens is 278 g/mol. The van der Waals surface area contributed by atoms with E-state index in [0.717, 1.165) is 27.9 Å². The lowest BCUT2D eigenvalue weighted by atomic mass is 10.0. The number of carbonyl (C=O) groups excluding carboxylic acids is 1. The Morgan fingerprint density at radius 3 is 2.82 bits per heavy atom. The normalized spacial score (nSPS) is 10.8. The summed E-state index contributed by atoms with van der Waals surface area (Å²) in [7, 11) is 0. The summed E-state index contributed by atoms with van der Waals surface area (Å²) in [6.07, 6.45) is 2.08. The number of aromatic amines is 1. The molecule has 5 nitrogen and oxygen atoms in total. The molecule has 0 spiro atoms. The van der Waals surface area contributed by atoms with Crippen molar-refractivity contribution < 1.29 is 9.90 Å². The van der Waals surface area contributed by atoms with Crippen LogP contribution in [0.25, 0.3) is 22.3 Å². The maximum Gasteiger partial charge on any atom is 0.216 e. The van der Waals surface area contributed by atoms with Crippen molar-refractivity contribution in [2.24, 2.45) is 0 Å². The quantitative estimate of drug-likeness (QED) is 0.692. The first kappa shape index (κ1) is 14.1. The molecule has 2 heterocycles. The van der Waals surface area contributed by atoms with E-state index < -0.39 is 0 Å². The molecule has 0 radical (unpaired) electrons. The molecule has 2 aromatic heterocycles. The largest absolute Gasteiger partial charge is 0.506 e. The average Bonchev–Trinajstić information content (AvgIpc) is 2.86. The number of H-pyrrole nitrogens is 1. The van der Waals surface area contributed by atoms with Crippen molar-refractivity contribution in [1.82, 2.24) is 15.3 Å². The molecule has 0 aliphatic heterocycles. The Morgan fingerprint density at radius 1 is 1.32 bits per heavy atom. The molecule has 5 heteroatoms. The number of carbonyl (C=O) groups is 1. The molecule has 3 N–H and O–H groups in total. The van der Waals surface area contributed by atoms with E-state index in [-0.39, 0.29) is 11.7 Å². The summed E-state index contributed by atoms with van der Waals surface area (Å²) >= 11 is 0. The molecule has 0 unspecified atom stereocenters. The molecule has 0 aliphatic rings. The fourth-order valence-corrected chi connectivity index (χ4v) is 2.59. The lowest BCUT2D eigenvalue weighted by Gasteiger charge is -2.06. The second-order valence-electron chi connectivity index (χ2n) is 5.17. The molecule has 3 aromatic rings. The van der Waals surface area contributed by atoms with E-state index in [9.17, 15) is 9.90 Å². The maximum atomic E-state index is 11.1. The third kappa shape index (κ3) is 2.79. The van der Waals surface area contributed by atoms with E-state index in [4.69, 9.17) is 0 Å². The van der Waals surface area contributed by atoms with Crippen LogP contribution in [0.4, 0.5) is 0 Å². The summed E-state index contributed by atoms with van der Waals surface area (Å²) in [6, 6.07) is 11.7. The number of aromatic nitrogens is 2. The van der Waals surface area contributed by atoms with Gasteiger partial charge in [0.15, 0.2) is 0 Å². The van der Waals surface area contributed by atoms with Crippen LogP contribution in [0.5, 0.6) is 5.75 Å². The molecule has 0 fully saturated rings. The van der Waals surface area contributed by atoms with Crippen molar-refractivity contribution in [3.8, 4) is 17.0 Å². The van der Waals surface area contributed by atoms with Crippen LogP contribution in [-0.4, -0.2) is 27.5 Å². The van der Waals surface area contributed by atoms with Gasteiger partial charge in [0.2, 0.25) is 5.91 Å². The lowest BCUT2D eigenvalue weighted by Crippen LogP contribution is -2.22. The smallest absolute Gasteiger partial charge is 0.216 e. The second-order valence-corrected chi connectivity index (χ2v) is 5.17. The van der Waals surface area contributed by atoms with Crippen molar-refractivity contribution in [2.45, 2.75) is 13.3 Å². The van der Waals surface area contributed by atoms with Gasteiger partial charge in [-0.2, -0.15) is 0 Å². The molecule has 22 heavy (non-hydrogen) atoms. The van der Waals surface area contributed by atoms with E-state index in [0.29, 0.717) is 13.0 Å². The highest BCUT2D eigenvalue weighted by Crippen LogP contribution is 2.31. The van der Waals surface area contributed by atoms with Gasteiger partial charge in [-0.25, -0.2) is 4.98 Å². The maximum absolute atomic E-state index is 11.1. The highest BCUT2D eigenvalue weighted by atomic mass is 16.3. The highest BCUT2D eigenvalue weighted by Gasteiger charge is 2.14. The number of aromatic hydroxyl groups is 1. The number of pyridine rings is 1. The first-order valence-corrected chi connectivity index (χ1v) is 7.14. The van der Waals surface area contributed by atoms with Crippen molar-refractivity contribution in [3.05, 3.63) is 48.2 Å². The van der Waals surface area contributed by atoms with Crippen molar-refractivity contribution >= 4 is 16.9 Å². The van der Waals surface area contributed by atoms with Crippen LogP contribution in [0, 0.1) is 0 Å². The van der Waals surface area contributed by atoms with Gasteiger partial charge in [-0.05, 0) is 23.6 Å². The van der Waals surface area contributed by atoms with Crippen LogP contribution in [-0.2, 0) is 11.2 Å². The van der Waals surface area contributed by atoms with E-state index in [1.807, 2.05) is 30.3 Å². The predicted molar refractivity (Wildman–Crippen MR) is 85.6 cm³/mol. The Kier molecular flexibility index (Phi) is 3.78. The number of benzene rings is 1. The Morgan fingerprint density at radius 2 is 2.09 bits per heavy atom. The summed E-state index contributed by atoms with van der Waals surface area (Å²) in [6.45, 7) is 2.04. The minimum absolute atomic E-state index is 0.0536. The minimum atomic E-state index is -0.0536.